The Morgan fingerprint density at radius 1 is 1.14 bits per heavy atom. The summed E-state index contributed by atoms with van der Waals surface area (Å²) >= 11 is 0. The Balaban J connectivity index is 1.66. The molecule has 1 aromatic heterocycles. The largest absolute Gasteiger partial charge is 0.495 e. The van der Waals surface area contributed by atoms with Gasteiger partial charge in [0.05, 0.1) is 32.4 Å². The number of hydrogen-bond acceptors (Lipinski definition) is 7. The number of methoxy groups -OCH3 is 1. The molecule has 2 aromatic rings. The maximum atomic E-state index is 13.1. The highest BCUT2D eigenvalue weighted by atomic mass is 32.2. The van der Waals surface area contributed by atoms with Crippen molar-refractivity contribution >= 4 is 21.8 Å². The van der Waals surface area contributed by atoms with E-state index in [0.717, 1.165) is 4.90 Å². The lowest BCUT2D eigenvalue weighted by molar-refractivity contribution is 0.0640. The summed E-state index contributed by atoms with van der Waals surface area (Å²) in [4.78, 5) is 30.1. The lowest BCUT2D eigenvalue weighted by atomic mass is 10.2. The maximum Gasteiger partial charge on any atom is 0.280 e. The van der Waals surface area contributed by atoms with Gasteiger partial charge in [-0.25, -0.2) is 8.42 Å². The lowest BCUT2D eigenvalue weighted by Gasteiger charge is -2.27. The standard InChI is InChI=1S/C19H19N3O6S/c1-27-15-5-4-13(11-16(15)29(25,26)21-7-9-28-10-8-21)12-22-18(23)14-3-2-6-20-17(14)19(22)24/h2-6,11H,7-10,12H2,1H3. The highest BCUT2D eigenvalue weighted by Crippen LogP contribution is 2.30. The summed E-state index contributed by atoms with van der Waals surface area (Å²) in [6, 6.07) is 7.74. The Labute approximate surface area is 167 Å². The van der Waals surface area contributed by atoms with E-state index in [0.29, 0.717) is 18.8 Å². The van der Waals surface area contributed by atoms with Crippen LogP contribution in [0.3, 0.4) is 0 Å². The number of morpholine rings is 1. The van der Waals surface area contributed by atoms with Crippen LogP contribution < -0.4 is 4.74 Å². The maximum absolute atomic E-state index is 13.1. The molecule has 0 atom stereocenters. The number of amides is 2. The van der Waals surface area contributed by atoms with Crippen LogP contribution in [0.2, 0.25) is 0 Å². The quantitative estimate of drug-likeness (QED) is 0.666. The van der Waals surface area contributed by atoms with E-state index in [1.165, 1.54) is 29.7 Å². The van der Waals surface area contributed by atoms with Gasteiger partial charge in [0.25, 0.3) is 11.8 Å². The molecule has 0 unspecified atom stereocenters. The molecular formula is C19H19N3O6S. The minimum absolute atomic E-state index is 0.00543. The molecule has 0 saturated carbocycles. The smallest absolute Gasteiger partial charge is 0.280 e. The second-order valence-corrected chi connectivity index (χ2v) is 8.50. The third-order valence-electron chi connectivity index (χ3n) is 4.89. The van der Waals surface area contributed by atoms with E-state index in [1.807, 2.05) is 0 Å². The number of rotatable bonds is 5. The highest BCUT2D eigenvalue weighted by Gasteiger charge is 2.37. The van der Waals surface area contributed by atoms with Crippen LogP contribution in [-0.4, -0.2) is 67.8 Å². The number of nitrogens with zero attached hydrogens (tertiary/aromatic N) is 3. The fourth-order valence-electron chi connectivity index (χ4n) is 3.39. The zero-order chi connectivity index (χ0) is 20.6. The first-order valence-corrected chi connectivity index (χ1v) is 10.4. The van der Waals surface area contributed by atoms with E-state index in [1.54, 1.807) is 18.2 Å². The molecule has 1 aromatic carbocycles. The second-order valence-electron chi connectivity index (χ2n) is 6.60. The Morgan fingerprint density at radius 3 is 2.59 bits per heavy atom. The Kier molecular flexibility index (Phi) is 5.07. The molecule has 9 nitrogen and oxygen atoms in total. The second kappa shape index (κ2) is 7.54. The predicted octanol–water partition coefficient (Wildman–Crippen LogP) is 0.907. The van der Waals surface area contributed by atoms with E-state index in [-0.39, 0.29) is 41.5 Å². The van der Waals surface area contributed by atoms with Crippen molar-refractivity contribution in [2.45, 2.75) is 11.4 Å². The van der Waals surface area contributed by atoms with Crippen molar-refractivity contribution in [1.82, 2.24) is 14.2 Å². The van der Waals surface area contributed by atoms with Gasteiger partial charge in [-0.1, -0.05) is 6.07 Å². The van der Waals surface area contributed by atoms with E-state index in [4.69, 9.17) is 9.47 Å². The van der Waals surface area contributed by atoms with Crippen molar-refractivity contribution in [1.29, 1.82) is 0 Å². The molecule has 10 heteroatoms. The van der Waals surface area contributed by atoms with E-state index in [2.05, 4.69) is 4.98 Å². The SMILES string of the molecule is COc1ccc(CN2C(=O)c3cccnc3C2=O)cc1S(=O)(=O)N1CCOCC1. The third-order valence-corrected chi connectivity index (χ3v) is 6.81. The van der Waals surface area contributed by atoms with Crippen molar-refractivity contribution in [3.05, 3.63) is 53.3 Å². The number of aromatic nitrogens is 1. The van der Waals surface area contributed by atoms with Gasteiger partial charge in [-0.15, -0.1) is 0 Å². The molecule has 0 N–H and O–H groups in total. The van der Waals surface area contributed by atoms with Crippen LogP contribution >= 0.6 is 0 Å². The number of imide groups is 1. The average molecular weight is 417 g/mol. The molecule has 2 aliphatic rings. The minimum atomic E-state index is -3.81. The molecule has 0 aliphatic carbocycles. The van der Waals surface area contributed by atoms with Crippen LogP contribution in [0.1, 0.15) is 26.4 Å². The van der Waals surface area contributed by atoms with Crippen molar-refractivity contribution in [2.75, 3.05) is 33.4 Å². The van der Waals surface area contributed by atoms with E-state index >= 15 is 0 Å². The van der Waals surface area contributed by atoms with Gasteiger partial charge in [-0.3, -0.25) is 19.5 Å². The van der Waals surface area contributed by atoms with Gasteiger partial charge in [0.2, 0.25) is 10.0 Å². The molecule has 2 amide bonds. The molecule has 0 spiro atoms. The zero-order valence-electron chi connectivity index (χ0n) is 15.7. The number of pyridine rings is 1. The molecule has 2 aliphatic heterocycles. The molecular weight excluding hydrogens is 398 g/mol. The number of benzene rings is 1. The molecule has 0 bridgehead atoms. The van der Waals surface area contributed by atoms with Crippen LogP contribution in [0.25, 0.3) is 0 Å². The number of carbonyl (C=O) groups is 2. The summed E-state index contributed by atoms with van der Waals surface area (Å²) in [6.07, 6.45) is 1.45. The number of sulfonamides is 1. The Bertz CT molecular complexity index is 1040. The molecule has 4 rings (SSSR count). The summed E-state index contributed by atoms with van der Waals surface area (Å²) in [7, 11) is -2.42. The van der Waals surface area contributed by atoms with Gasteiger partial charge in [-0.2, -0.15) is 4.31 Å². The molecule has 0 radical (unpaired) electrons. The first-order valence-electron chi connectivity index (χ1n) is 8.99. The van der Waals surface area contributed by atoms with Crippen molar-refractivity contribution < 1.29 is 27.5 Å². The minimum Gasteiger partial charge on any atom is -0.495 e. The molecule has 29 heavy (non-hydrogen) atoms. The highest BCUT2D eigenvalue weighted by molar-refractivity contribution is 7.89. The number of fused-ring (bicyclic) bond motifs is 1. The number of carbonyl (C=O) groups excluding carboxylic acids is 2. The predicted molar refractivity (Wildman–Crippen MR) is 101 cm³/mol. The monoisotopic (exact) mass is 417 g/mol. The van der Waals surface area contributed by atoms with Crippen LogP contribution in [0.5, 0.6) is 5.75 Å². The van der Waals surface area contributed by atoms with Crippen LogP contribution in [0.15, 0.2) is 41.4 Å². The van der Waals surface area contributed by atoms with Crippen molar-refractivity contribution in [2.24, 2.45) is 0 Å². The number of hydrogen-bond donors (Lipinski definition) is 0. The van der Waals surface area contributed by atoms with Gasteiger partial charge in [-0.05, 0) is 29.8 Å². The Morgan fingerprint density at radius 2 is 1.90 bits per heavy atom. The molecule has 3 heterocycles. The van der Waals surface area contributed by atoms with Gasteiger partial charge in [0, 0.05) is 19.3 Å². The molecule has 1 fully saturated rings. The first-order chi connectivity index (χ1) is 13.9. The summed E-state index contributed by atoms with van der Waals surface area (Å²) in [5.74, 6) is -0.755. The fraction of sp³-hybridized carbons (Fsp3) is 0.316. The first kappa shape index (κ1) is 19.5. The average Bonchev–Trinajstić information content (AvgIpc) is 2.99. The van der Waals surface area contributed by atoms with Crippen molar-refractivity contribution in [3.8, 4) is 5.75 Å². The van der Waals surface area contributed by atoms with E-state index < -0.39 is 21.8 Å². The summed E-state index contributed by atoms with van der Waals surface area (Å²) < 4.78 is 38.0. The van der Waals surface area contributed by atoms with Gasteiger partial charge >= 0.3 is 0 Å². The van der Waals surface area contributed by atoms with E-state index in [9.17, 15) is 18.0 Å². The van der Waals surface area contributed by atoms with Gasteiger partial charge in [0.1, 0.15) is 16.3 Å². The van der Waals surface area contributed by atoms with Gasteiger partial charge < -0.3 is 9.47 Å². The lowest BCUT2D eigenvalue weighted by Crippen LogP contribution is -2.40. The normalized spacial score (nSPS) is 17.5. The number of ether oxygens (including phenoxy) is 2. The summed E-state index contributed by atoms with van der Waals surface area (Å²) in [6.45, 7) is 1.08. The van der Waals surface area contributed by atoms with Crippen LogP contribution in [0.4, 0.5) is 0 Å². The van der Waals surface area contributed by atoms with Crippen LogP contribution in [0, 0.1) is 0 Å². The summed E-state index contributed by atoms with van der Waals surface area (Å²) in [5.41, 5.74) is 0.839. The van der Waals surface area contributed by atoms with Crippen molar-refractivity contribution in [3.63, 3.8) is 0 Å². The topological polar surface area (TPSA) is 106 Å². The zero-order valence-corrected chi connectivity index (χ0v) is 16.5. The molecule has 152 valence electrons. The fourth-order valence-corrected chi connectivity index (χ4v) is 5.00. The van der Waals surface area contributed by atoms with Crippen LogP contribution in [-0.2, 0) is 21.3 Å². The molecule has 1 saturated heterocycles. The van der Waals surface area contributed by atoms with Gasteiger partial charge in [0.15, 0.2) is 0 Å². The summed E-state index contributed by atoms with van der Waals surface area (Å²) in [5, 5.41) is 0. The Hall–Kier alpha value is -2.82. The third kappa shape index (κ3) is 3.39.